The SMILES string of the molecule is CC1=CC(N2CCC(O)CC2)NC=C1. The monoisotopic (exact) mass is 194 g/mol. The van der Waals surface area contributed by atoms with E-state index in [2.05, 4.69) is 29.3 Å². The summed E-state index contributed by atoms with van der Waals surface area (Å²) in [6, 6.07) is 0. The topological polar surface area (TPSA) is 35.5 Å². The van der Waals surface area contributed by atoms with E-state index in [0.29, 0.717) is 6.17 Å². The molecule has 78 valence electrons. The highest BCUT2D eigenvalue weighted by molar-refractivity contribution is 5.22. The maximum Gasteiger partial charge on any atom is 0.0987 e. The molecule has 0 aromatic rings. The van der Waals surface area contributed by atoms with Crippen molar-refractivity contribution in [2.24, 2.45) is 0 Å². The van der Waals surface area contributed by atoms with Gasteiger partial charge in [0, 0.05) is 13.1 Å². The zero-order valence-electron chi connectivity index (χ0n) is 8.61. The van der Waals surface area contributed by atoms with E-state index in [1.54, 1.807) is 0 Å². The number of hydrogen-bond donors (Lipinski definition) is 2. The van der Waals surface area contributed by atoms with Crippen molar-refractivity contribution >= 4 is 0 Å². The Morgan fingerprint density at radius 1 is 1.43 bits per heavy atom. The van der Waals surface area contributed by atoms with Crippen molar-refractivity contribution in [1.29, 1.82) is 0 Å². The quantitative estimate of drug-likeness (QED) is 0.649. The molecule has 1 saturated heterocycles. The molecule has 2 aliphatic rings. The van der Waals surface area contributed by atoms with E-state index in [9.17, 15) is 5.11 Å². The molecule has 0 spiro atoms. The molecule has 2 aliphatic heterocycles. The summed E-state index contributed by atoms with van der Waals surface area (Å²) in [6.07, 6.45) is 8.35. The first-order valence-electron chi connectivity index (χ1n) is 5.29. The number of hydrogen-bond acceptors (Lipinski definition) is 3. The summed E-state index contributed by atoms with van der Waals surface area (Å²) in [6.45, 7) is 4.08. The molecular weight excluding hydrogens is 176 g/mol. The van der Waals surface area contributed by atoms with Crippen LogP contribution in [0, 0.1) is 0 Å². The predicted molar refractivity (Wildman–Crippen MR) is 56.6 cm³/mol. The molecule has 1 unspecified atom stereocenters. The molecule has 0 aromatic heterocycles. The molecule has 3 heteroatoms. The fourth-order valence-electron chi connectivity index (χ4n) is 2.01. The van der Waals surface area contributed by atoms with Crippen molar-refractivity contribution in [1.82, 2.24) is 10.2 Å². The lowest BCUT2D eigenvalue weighted by Crippen LogP contribution is -2.48. The Kier molecular flexibility index (Phi) is 2.89. The largest absolute Gasteiger partial charge is 0.393 e. The lowest BCUT2D eigenvalue weighted by molar-refractivity contribution is 0.0660. The van der Waals surface area contributed by atoms with Crippen LogP contribution < -0.4 is 5.32 Å². The molecule has 0 bridgehead atoms. The number of nitrogens with one attached hydrogen (secondary N) is 1. The van der Waals surface area contributed by atoms with Crippen LogP contribution in [-0.2, 0) is 0 Å². The van der Waals surface area contributed by atoms with Gasteiger partial charge in [-0.25, -0.2) is 0 Å². The summed E-state index contributed by atoms with van der Waals surface area (Å²) >= 11 is 0. The average Bonchev–Trinajstić information content (AvgIpc) is 2.19. The number of rotatable bonds is 1. The van der Waals surface area contributed by atoms with Gasteiger partial charge in [0.25, 0.3) is 0 Å². The van der Waals surface area contributed by atoms with Crippen LogP contribution in [0.1, 0.15) is 19.8 Å². The van der Waals surface area contributed by atoms with E-state index in [0.717, 1.165) is 25.9 Å². The van der Waals surface area contributed by atoms with Gasteiger partial charge in [-0.15, -0.1) is 0 Å². The molecule has 1 fully saturated rings. The predicted octanol–water partition coefficient (Wildman–Crippen LogP) is 0.832. The molecular formula is C11H18N2O. The second-order valence-electron chi connectivity index (χ2n) is 4.12. The van der Waals surface area contributed by atoms with Crippen LogP contribution in [0.25, 0.3) is 0 Å². The van der Waals surface area contributed by atoms with E-state index in [4.69, 9.17) is 0 Å². The number of piperidine rings is 1. The fraction of sp³-hybridized carbons (Fsp3) is 0.636. The number of likely N-dealkylation sites (tertiary alicyclic amines) is 1. The highest BCUT2D eigenvalue weighted by atomic mass is 16.3. The van der Waals surface area contributed by atoms with Gasteiger partial charge in [-0.2, -0.15) is 0 Å². The maximum atomic E-state index is 9.40. The Labute approximate surface area is 85.1 Å². The smallest absolute Gasteiger partial charge is 0.0987 e. The highest BCUT2D eigenvalue weighted by Crippen LogP contribution is 2.15. The van der Waals surface area contributed by atoms with Crippen LogP contribution in [0.5, 0.6) is 0 Å². The fourth-order valence-corrected chi connectivity index (χ4v) is 2.01. The lowest BCUT2D eigenvalue weighted by Gasteiger charge is -2.36. The summed E-state index contributed by atoms with van der Waals surface area (Å²) in [4.78, 5) is 2.37. The van der Waals surface area contributed by atoms with Crippen molar-refractivity contribution < 1.29 is 5.11 Å². The molecule has 3 nitrogen and oxygen atoms in total. The number of aliphatic hydroxyl groups is 1. The summed E-state index contributed by atoms with van der Waals surface area (Å²) in [5.41, 5.74) is 1.31. The molecule has 2 N–H and O–H groups in total. The van der Waals surface area contributed by atoms with E-state index in [1.807, 2.05) is 6.20 Å². The normalized spacial score (nSPS) is 29.9. The van der Waals surface area contributed by atoms with Crippen molar-refractivity contribution in [3.8, 4) is 0 Å². The van der Waals surface area contributed by atoms with Gasteiger partial charge < -0.3 is 10.4 Å². The zero-order chi connectivity index (χ0) is 9.97. The van der Waals surface area contributed by atoms with Gasteiger partial charge in [0.2, 0.25) is 0 Å². The molecule has 0 amide bonds. The molecule has 0 radical (unpaired) electrons. The third-order valence-electron chi connectivity index (χ3n) is 2.93. The average molecular weight is 194 g/mol. The van der Waals surface area contributed by atoms with E-state index in [1.165, 1.54) is 5.57 Å². The van der Waals surface area contributed by atoms with Crippen LogP contribution in [0.4, 0.5) is 0 Å². The Hall–Kier alpha value is -0.800. The Bertz CT molecular complexity index is 252. The molecule has 0 saturated carbocycles. The van der Waals surface area contributed by atoms with Crippen LogP contribution in [0.3, 0.4) is 0 Å². The van der Waals surface area contributed by atoms with Crippen molar-refractivity contribution in [2.45, 2.75) is 32.0 Å². The second kappa shape index (κ2) is 4.15. The van der Waals surface area contributed by atoms with Crippen molar-refractivity contribution in [3.63, 3.8) is 0 Å². The van der Waals surface area contributed by atoms with Gasteiger partial charge in [0.1, 0.15) is 0 Å². The van der Waals surface area contributed by atoms with Gasteiger partial charge in [0.15, 0.2) is 0 Å². The number of nitrogens with zero attached hydrogens (tertiary/aromatic N) is 1. The first kappa shape index (κ1) is 9.74. The first-order chi connectivity index (χ1) is 6.75. The van der Waals surface area contributed by atoms with Crippen LogP contribution in [-0.4, -0.2) is 35.4 Å². The summed E-state index contributed by atoms with van der Waals surface area (Å²) in [7, 11) is 0. The van der Waals surface area contributed by atoms with Crippen LogP contribution >= 0.6 is 0 Å². The maximum absolute atomic E-state index is 9.40. The minimum absolute atomic E-state index is 0.0875. The minimum Gasteiger partial charge on any atom is -0.393 e. The lowest BCUT2D eigenvalue weighted by atomic mass is 10.1. The Morgan fingerprint density at radius 3 is 2.79 bits per heavy atom. The van der Waals surface area contributed by atoms with Gasteiger partial charge in [-0.3, -0.25) is 4.90 Å². The first-order valence-corrected chi connectivity index (χ1v) is 5.29. The van der Waals surface area contributed by atoms with E-state index in [-0.39, 0.29) is 6.10 Å². The van der Waals surface area contributed by atoms with Crippen molar-refractivity contribution in [2.75, 3.05) is 13.1 Å². The van der Waals surface area contributed by atoms with Gasteiger partial charge in [-0.1, -0.05) is 5.57 Å². The van der Waals surface area contributed by atoms with E-state index < -0.39 is 0 Å². The highest BCUT2D eigenvalue weighted by Gasteiger charge is 2.22. The molecule has 2 heterocycles. The molecule has 1 atom stereocenters. The molecule has 0 aromatic carbocycles. The van der Waals surface area contributed by atoms with Crippen LogP contribution in [0.2, 0.25) is 0 Å². The summed E-state index contributed by atoms with van der Waals surface area (Å²) in [5, 5.41) is 12.7. The molecule has 2 rings (SSSR count). The Morgan fingerprint density at radius 2 is 2.14 bits per heavy atom. The van der Waals surface area contributed by atoms with Gasteiger partial charge in [0.05, 0.1) is 12.3 Å². The summed E-state index contributed by atoms with van der Waals surface area (Å²) < 4.78 is 0. The molecule has 14 heavy (non-hydrogen) atoms. The Balaban J connectivity index is 1.93. The zero-order valence-corrected chi connectivity index (χ0v) is 8.61. The standard InChI is InChI=1S/C11H18N2O/c1-9-2-5-12-11(8-9)13-6-3-10(14)4-7-13/h2,5,8,10-12,14H,3-4,6-7H2,1H3. The van der Waals surface area contributed by atoms with Gasteiger partial charge in [-0.05, 0) is 38.1 Å². The number of allylic oxidation sites excluding steroid dienone is 2. The summed E-state index contributed by atoms with van der Waals surface area (Å²) in [5.74, 6) is 0. The van der Waals surface area contributed by atoms with Crippen molar-refractivity contribution in [3.05, 3.63) is 23.9 Å². The minimum atomic E-state index is -0.0875. The number of aliphatic hydroxyl groups excluding tert-OH is 1. The van der Waals surface area contributed by atoms with Gasteiger partial charge >= 0.3 is 0 Å². The van der Waals surface area contributed by atoms with Crippen LogP contribution in [0.15, 0.2) is 23.9 Å². The van der Waals surface area contributed by atoms with E-state index >= 15 is 0 Å². The third-order valence-corrected chi connectivity index (χ3v) is 2.93. The second-order valence-corrected chi connectivity index (χ2v) is 4.12. The molecule has 0 aliphatic carbocycles. The third kappa shape index (κ3) is 2.16. The number of dihydropyridines is 1.